The van der Waals surface area contributed by atoms with Gasteiger partial charge in [0.15, 0.2) is 0 Å². The highest BCUT2D eigenvalue weighted by Gasteiger charge is 2.23. The summed E-state index contributed by atoms with van der Waals surface area (Å²) in [6.45, 7) is 3.97. The Kier molecular flexibility index (Phi) is 3.64. The van der Waals surface area contributed by atoms with Gasteiger partial charge >= 0.3 is 0 Å². The molecule has 0 aliphatic heterocycles. The number of aryl methyl sites for hydroxylation is 1. The van der Waals surface area contributed by atoms with Crippen LogP contribution in [0.15, 0.2) is 23.1 Å². The van der Waals surface area contributed by atoms with Gasteiger partial charge in [-0.25, -0.2) is 13.6 Å². The summed E-state index contributed by atoms with van der Waals surface area (Å²) in [4.78, 5) is 0.207. The van der Waals surface area contributed by atoms with Crippen molar-refractivity contribution >= 4 is 15.7 Å². The molecule has 1 aliphatic rings. The fourth-order valence-electron chi connectivity index (χ4n) is 2.57. The van der Waals surface area contributed by atoms with Crippen LogP contribution in [0.4, 0.5) is 5.69 Å². The predicted molar refractivity (Wildman–Crippen MR) is 73.0 cm³/mol. The average Bonchev–Trinajstić information content (AvgIpc) is 2.66. The fourth-order valence-corrected chi connectivity index (χ4v) is 3.38. The first-order chi connectivity index (χ1) is 8.38. The molecule has 1 aromatic carbocycles. The van der Waals surface area contributed by atoms with E-state index in [-0.39, 0.29) is 4.90 Å². The van der Waals surface area contributed by atoms with E-state index in [2.05, 4.69) is 12.2 Å². The van der Waals surface area contributed by atoms with Gasteiger partial charge in [0.05, 0.1) is 4.90 Å². The molecule has 1 saturated carbocycles. The molecule has 0 aromatic heterocycles. The lowest BCUT2D eigenvalue weighted by Gasteiger charge is -2.19. The van der Waals surface area contributed by atoms with Crippen LogP contribution in [-0.4, -0.2) is 14.5 Å². The number of hydrogen-bond donors (Lipinski definition) is 2. The van der Waals surface area contributed by atoms with Gasteiger partial charge in [-0.05, 0) is 43.4 Å². The second-order valence-corrected chi connectivity index (χ2v) is 6.71. The van der Waals surface area contributed by atoms with Crippen LogP contribution in [0.2, 0.25) is 0 Å². The highest BCUT2D eigenvalue weighted by Crippen LogP contribution is 2.29. The van der Waals surface area contributed by atoms with Gasteiger partial charge in [0, 0.05) is 11.7 Å². The number of rotatable bonds is 3. The lowest BCUT2D eigenvalue weighted by molar-refractivity contribution is 0.556. The zero-order valence-electron chi connectivity index (χ0n) is 10.8. The third-order valence-electron chi connectivity index (χ3n) is 3.71. The van der Waals surface area contributed by atoms with E-state index in [1.807, 2.05) is 6.07 Å². The lowest BCUT2D eigenvalue weighted by atomic mass is 10.1. The minimum absolute atomic E-state index is 0.207. The Hall–Kier alpha value is -1.07. The second kappa shape index (κ2) is 4.90. The topological polar surface area (TPSA) is 72.2 Å². The van der Waals surface area contributed by atoms with Crippen molar-refractivity contribution in [2.45, 2.75) is 44.0 Å². The molecule has 0 spiro atoms. The van der Waals surface area contributed by atoms with Crippen LogP contribution in [0.5, 0.6) is 0 Å². The summed E-state index contributed by atoms with van der Waals surface area (Å²) < 4.78 is 22.9. The molecule has 100 valence electrons. The summed E-state index contributed by atoms with van der Waals surface area (Å²) in [5, 5.41) is 8.62. The Morgan fingerprint density at radius 2 is 2.06 bits per heavy atom. The normalized spacial score (nSPS) is 24.2. The molecule has 0 heterocycles. The molecule has 0 bridgehead atoms. The number of primary sulfonamides is 1. The minimum atomic E-state index is -3.64. The van der Waals surface area contributed by atoms with Gasteiger partial charge in [0.25, 0.3) is 0 Å². The smallest absolute Gasteiger partial charge is 0.238 e. The van der Waals surface area contributed by atoms with Crippen molar-refractivity contribution in [2.75, 3.05) is 5.32 Å². The van der Waals surface area contributed by atoms with Gasteiger partial charge in [0.2, 0.25) is 10.0 Å². The van der Waals surface area contributed by atoms with Crippen molar-refractivity contribution in [3.05, 3.63) is 23.8 Å². The van der Waals surface area contributed by atoms with Crippen molar-refractivity contribution in [1.82, 2.24) is 0 Å². The molecular weight excluding hydrogens is 248 g/mol. The number of sulfonamides is 1. The maximum Gasteiger partial charge on any atom is 0.238 e. The molecule has 1 aliphatic carbocycles. The highest BCUT2D eigenvalue weighted by atomic mass is 32.2. The largest absolute Gasteiger partial charge is 0.382 e. The first-order valence-corrected chi connectivity index (χ1v) is 7.82. The van der Waals surface area contributed by atoms with Crippen LogP contribution in [0.3, 0.4) is 0 Å². The minimum Gasteiger partial charge on any atom is -0.382 e. The first kappa shape index (κ1) is 13.4. The average molecular weight is 268 g/mol. The Bertz CT molecular complexity index is 540. The van der Waals surface area contributed by atoms with Gasteiger partial charge in [-0.3, -0.25) is 0 Å². The van der Waals surface area contributed by atoms with E-state index in [0.29, 0.717) is 17.5 Å². The first-order valence-electron chi connectivity index (χ1n) is 6.28. The zero-order chi connectivity index (χ0) is 13.3. The third kappa shape index (κ3) is 2.84. The van der Waals surface area contributed by atoms with Gasteiger partial charge in [-0.2, -0.15) is 0 Å². The monoisotopic (exact) mass is 268 g/mol. The van der Waals surface area contributed by atoms with Gasteiger partial charge in [0.1, 0.15) is 0 Å². The summed E-state index contributed by atoms with van der Waals surface area (Å²) in [7, 11) is -3.64. The molecule has 2 rings (SSSR count). The molecule has 4 nitrogen and oxygen atoms in total. The SMILES string of the molecule is Cc1ccc(NC2CCCC2C)cc1S(N)(=O)=O. The molecule has 2 atom stereocenters. The number of nitrogens with two attached hydrogens (primary N) is 1. The Morgan fingerprint density at radius 1 is 1.33 bits per heavy atom. The van der Waals surface area contributed by atoms with Crippen molar-refractivity contribution < 1.29 is 8.42 Å². The zero-order valence-corrected chi connectivity index (χ0v) is 11.6. The predicted octanol–water partition coefficient (Wildman–Crippen LogP) is 2.24. The maximum absolute atomic E-state index is 11.5. The molecule has 1 aromatic rings. The maximum atomic E-state index is 11.5. The quantitative estimate of drug-likeness (QED) is 0.883. The van der Waals surface area contributed by atoms with E-state index < -0.39 is 10.0 Å². The Labute approximate surface area is 109 Å². The summed E-state index contributed by atoms with van der Waals surface area (Å²) in [5.41, 5.74) is 1.52. The van der Waals surface area contributed by atoms with Crippen molar-refractivity contribution in [3.63, 3.8) is 0 Å². The van der Waals surface area contributed by atoms with Crippen LogP contribution in [0.25, 0.3) is 0 Å². The van der Waals surface area contributed by atoms with E-state index in [1.54, 1.807) is 19.1 Å². The summed E-state index contributed by atoms with van der Waals surface area (Å²) in [6, 6.07) is 5.77. The number of benzene rings is 1. The highest BCUT2D eigenvalue weighted by molar-refractivity contribution is 7.89. The fraction of sp³-hybridized carbons (Fsp3) is 0.538. The molecule has 0 radical (unpaired) electrons. The molecule has 3 N–H and O–H groups in total. The number of nitrogens with one attached hydrogen (secondary N) is 1. The third-order valence-corrected chi connectivity index (χ3v) is 4.76. The van der Waals surface area contributed by atoms with Gasteiger partial charge < -0.3 is 5.32 Å². The van der Waals surface area contributed by atoms with Crippen molar-refractivity contribution in [1.29, 1.82) is 0 Å². The van der Waals surface area contributed by atoms with E-state index in [4.69, 9.17) is 5.14 Å². The van der Waals surface area contributed by atoms with E-state index in [9.17, 15) is 8.42 Å². The number of hydrogen-bond acceptors (Lipinski definition) is 3. The van der Waals surface area contributed by atoms with Crippen LogP contribution in [-0.2, 0) is 10.0 Å². The summed E-state index contributed by atoms with van der Waals surface area (Å²) in [5.74, 6) is 0.629. The molecule has 1 fully saturated rings. The van der Waals surface area contributed by atoms with Crippen molar-refractivity contribution in [2.24, 2.45) is 11.1 Å². The molecule has 18 heavy (non-hydrogen) atoms. The van der Waals surface area contributed by atoms with E-state index >= 15 is 0 Å². The van der Waals surface area contributed by atoms with Crippen LogP contribution in [0, 0.1) is 12.8 Å². The standard InChI is InChI=1S/C13H20N2O2S/c1-9-4-3-5-12(9)15-11-7-6-10(2)13(8-11)18(14,16)17/h6-9,12,15H,3-5H2,1-2H3,(H2,14,16,17). The molecule has 5 heteroatoms. The molecule has 0 amide bonds. The van der Waals surface area contributed by atoms with E-state index in [0.717, 1.165) is 12.1 Å². The number of anilines is 1. The Morgan fingerprint density at radius 3 is 2.61 bits per heavy atom. The van der Waals surface area contributed by atoms with Gasteiger partial charge in [-0.15, -0.1) is 0 Å². The summed E-state index contributed by atoms with van der Waals surface area (Å²) in [6.07, 6.45) is 3.60. The van der Waals surface area contributed by atoms with Gasteiger partial charge in [-0.1, -0.05) is 19.4 Å². The Balaban J connectivity index is 2.25. The van der Waals surface area contributed by atoms with Crippen LogP contribution >= 0.6 is 0 Å². The molecule has 2 unspecified atom stereocenters. The molecular formula is C13H20N2O2S. The van der Waals surface area contributed by atoms with E-state index in [1.165, 1.54) is 12.8 Å². The second-order valence-electron chi connectivity index (χ2n) is 5.18. The molecule has 0 saturated heterocycles. The van der Waals surface area contributed by atoms with Crippen LogP contribution in [0.1, 0.15) is 31.7 Å². The van der Waals surface area contributed by atoms with Crippen LogP contribution < -0.4 is 10.5 Å². The van der Waals surface area contributed by atoms with Crippen molar-refractivity contribution in [3.8, 4) is 0 Å². The lowest BCUT2D eigenvalue weighted by Crippen LogP contribution is -2.22. The summed E-state index contributed by atoms with van der Waals surface area (Å²) >= 11 is 0.